The molecule has 0 atom stereocenters. The highest BCUT2D eigenvalue weighted by molar-refractivity contribution is 5.38. The Balaban J connectivity index is 2.79. The summed E-state index contributed by atoms with van der Waals surface area (Å²) in [6.07, 6.45) is 0. The van der Waals surface area contributed by atoms with E-state index in [4.69, 9.17) is 5.26 Å². The van der Waals surface area contributed by atoms with E-state index in [1.807, 2.05) is 0 Å². The molecule has 0 saturated heterocycles. The maximum Gasteiger partial charge on any atom is 0.273 e. The van der Waals surface area contributed by atoms with Crippen molar-refractivity contribution in [1.29, 1.82) is 5.26 Å². The van der Waals surface area contributed by atoms with Crippen LogP contribution in [0.15, 0.2) is 35.1 Å². The van der Waals surface area contributed by atoms with Gasteiger partial charge in [0.05, 0.1) is 5.69 Å². The number of hydrogen-bond acceptors (Lipinski definition) is 2. The largest absolute Gasteiger partial charge is 0.280 e. The molecule has 1 aromatic carbocycles. The van der Waals surface area contributed by atoms with Gasteiger partial charge in [0.15, 0.2) is 0 Å². The van der Waals surface area contributed by atoms with Crippen LogP contribution in [0.5, 0.6) is 0 Å². The summed E-state index contributed by atoms with van der Waals surface area (Å²) >= 11 is 0. The summed E-state index contributed by atoms with van der Waals surface area (Å²) in [5.74, 6) is -1.56. The van der Waals surface area contributed by atoms with E-state index in [0.717, 1.165) is 22.8 Å². The summed E-state index contributed by atoms with van der Waals surface area (Å²) in [5, 5.41) is 8.78. The van der Waals surface area contributed by atoms with Gasteiger partial charge in [0.25, 0.3) is 5.56 Å². The van der Waals surface area contributed by atoms with Crippen LogP contribution < -0.4 is 5.56 Å². The molecule has 0 bridgehead atoms. The van der Waals surface area contributed by atoms with Crippen LogP contribution in [0.25, 0.3) is 5.69 Å². The van der Waals surface area contributed by atoms with E-state index in [9.17, 15) is 13.6 Å². The molecule has 3 nitrogen and oxygen atoms in total. The van der Waals surface area contributed by atoms with Crippen molar-refractivity contribution in [2.75, 3.05) is 0 Å². The molecule has 90 valence electrons. The van der Waals surface area contributed by atoms with Crippen LogP contribution in [0, 0.1) is 29.9 Å². The van der Waals surface area contributed by atoms with E-state index in [1.165, 1.54) is 6.07 Å². The Morgan fingerprint density at radius 2 is 1.78 bits per heavy atom. The van der Waals surface area contributed by atoms with Crippen LogP contribution >= 0.6 is 0 Å². The second-order valence-corrected chi connectivity index (χ2v) is 3.77. The molecule has 0 spiro atoms. The number of rotatable bonds is 1. The lowest BCUT2D eigenvalue weighted by Crippen LogP contribution is -2.22. The number of benzene rings is 1. The normalized spacial score (nSPS) is 10.1. The smallest absolute Gasteiger partial charge is 0.273 e. The Kier molecular flexibility index (Phi) is 2.94. The second-order valence-electron chi connectivity index (χ2n) is 3.77. The van der Waals surface area contributed by atoms with E-state index >= 15 is 0 Å². The first-order chi connectivity index (χ1) is 8.52. The fourth-order valence-electron chi connectivity index (χ4n) is 1.70. The molecule has 0 aliphatic carbocycles. The SMILES string of the molecule is Cc1ccc(C#N)c(=O)n1-c1cc(F)cc(F)c1. The molecule has 2 aromatic rings. The Morgan fingerprint density at radius 1 is 1.17 bits per heavy atom. The van der Waals surface area contributed by atoms with Crippen LogP contribution in [-0.4, -0.2) is 4.57 Å². The van der Waals surface area contributed by atoms with E-state index in [2.05, 4.69) is 0 Å². The molecule has 1 aromatic heterocycles. The number of aromatic nitrogens is 1. The molecule has 0 saturated carbocycles. The molecule has 0 radical (unpaired) electrons. The minimum atomic E-state index is -0.779. The first-order valence-electron chi connectivity index (χ1n) is 5.12. The van der Waals surface area contributed by atoms with Gasteiger partial charge in [-0.15, -0.1) is 0 Å². The van der Waals surface area contributed by atoms with Gasteiger partial charge in [0, 0.05) is 11.8 Å². The van der Waals surface area contributed by atoms with Gasteiger partial charge in [-0.05, 0) is 31.2 Å². The third-order valence-electron chi connectivity index (χ3n) is 2.50. The van der Waals surface area contributed by atoms with Crippen LogP contribution in [0.4, 0.5) is 8.78 Å². The van der Waals surface area contributed by atoms with Crippen molar-refractivity contribution in [1.82, 2.24) is 4.57 Å². The molecule has 1 heterocycles. The van der Waals surface area contributed by atoms with Crippen LogP contribution in [0.3, 0.4) is 0 Å². The first kappa shape index (κ1) is 12.0. The summed E-state index contributed by atoms with van der Waals surface area (Å²) in [5.41, 5.74) is -0.121. The number of pyridine rings is 1. The molecular weight excluding hydrogens is 238 g/mol. The fraction of sp³-hybridized carbons (Fsp3) is 0.0769. The van der Waals surface area contributed by atoms with Gasteiger partial charge < -0.3 is 0 Å². The van der Waals surface area contributed by atoms with E-state index in [-0.39, 0.29) is 11.3 Å². The van der Waals surface area contributed by atoms with E-state index < -0.39 is 17.2 Å². The second kappa shape index (κ2) is 4.41. The molecule has 5 heteroatoms. The van der Waals surface area contributed by atoms with Gasteiger partial charge in [0.2, 0.25) is 0 Å². The van der Waals surface area contributed by atoms with E-state index in [1.54, 1.807) is 19.1 Å². The zero-order valence-electron chi connectivity index (χ0n) is 9.45. The van der Waals surface area contributed by atoms with Gasteiger partial charge in [0.1, 0.15) is 23.3 Å². The third kappa shape index (κ3) is 2.00. The minimum Gasteiger partial charge on any atom is -0.280 e. The first-order valence-corrected chi connectivity index (χ1v) is 5.12. The average molecular weight is 246 g/mol. The Morgan fingerprint density at radius 3 is 2.33 bits per heavy atom. The maximum atomic E-state index is 13.1. The molecule has 0 aliphatic heterocycles. The molecule has 18 heavy (non-hydrogen) atoms. The lowest BCUT2D eigenvalue weighted by atomic mass is 10.2. The molecule has 2 rings (SSSR count). The zero-order chi connectivity index (χ0) is 13.3. The Labute approximate surface area is 102 Å². The van der Waals surface area contributed by atoms with Crippen molar-refractivity contribution in [3.63, 3.8) is 0 Å². The highest BCUT2D eigenvalue weighted by Gasteiger charge is 2.10. The molecular formula is C13H8F2N2O. The van der Waals surface area contributed by atoms with Crippen LogP contribution in [-0.2, 0) is 0 Å². The zero-order valence-corrected chi connectivity index (χ0v) is 9.45. The molecule has 0 N–H and O–H groups in total. The number of aryl methyl sites for hydroxylation is 1. The summed E-state index contributed by atoms with van der Waals surface area (Å²) in [4.78, 5) is 11.9. The van der Waals surface area contributed by atoms with Crippen molar-refractivity contribution in [3.05, 3.63) is 63.6 Å². The third-order valence-corrected chi connectivity index (χ3v) is 2.50. The van der Waals surface area contributed by atoms with Crippen molar-refractivity contribution in [3.8, 4) is 11.8 Å². The van der Waals surface area contributed by atoms with Crippen molar-refractivity contribution >= 4 is 0 Å². The lowest BCUT2D eigenvalue weighted by Gasteiger charge is -2.10. The monoisotopic (exact) mass is 246 g/mol. The molecule has 0 aliphatic rings. The fourth-order valence-corrected chi connectivity index (χ4v) is 1.70. The van der Waals surface area contributed by atoms with Gasteiger partial charge >= 0.3 is 0 Å². The predicted octanol–water partition coefficient (Wildman–Crippen LogP) is 2.30. The maximum absolute atomic E-state index is 13.1. The van der Waals surface area contributed by atoms with Gasteiger partial charge in [-0.3, -0.25) is 9.36 Å². The highest BCUT2D eigenvalue weighted by Crippen LogP contribution is 2.13. The van der Waals surface area contributed by atoms with Crippen LogP contribution in [0.1, 0.15) is 11.3 Å². The predicted molar refractivity (Wildman–Crippen MR) is 61.4 cm³/mol. The minimum absolute atomic E-state index is 0.0621. The van der Waals surface area contributed by atoms with Crippen molar-refractivity contribution in [2.24, 2.45) is 0 Å². The Hall–Kier alpha value is -2.48. The quantitative estimate of drug-likeness (QED) is 0.775. The standard InChI is InChI=1S/C13H8F2N2O/c1-8-2-3-9(7-16)13(18)17(8)12-5-10(14)4-11(15)6-12/h2-6H,1H3. The molecule has 0 amide bonds. The number of hydrogen-bond donors (Lipinski definition) is 0. The Bertz CT molecular complexity index is 694. The topological polar surface area (TPSA) is 45.8 Å². The van der Waals surface area contributed by atoms with Crippen LogP contribution in [0.2, 0.25) is 0 Å². The van der Waals surface area contributed by atoms with Gasteiger partial charge in [-0.2, -0.15) is 5.26 Å². The number of nitrogens with zero attached hydrogens (tertiary/aromatic N) is 2. The van der Waals surface area contributed by atoms with Crippen molar-refractivity contribution in [2.45, 2.75) is 6.92 Å². The summed E-state index contributed by atoms with van der Waals surface area (Å²) in [6, 6.07) is 7.47. The lowest BCUT2D eigenvalue weighted by molar-refractivity contribution is 0.581. The summed E-state index contributed by atoms with van der Waals surface area (Å²) in [7, 11) is 0. The molecule has 0 fully saturated rings. The van der Waals surface area contributed by atoms with Crippen molar-refractivity contribution < 1.29 is 8.78 Å². The number of nitriles is 1. The number of halogens is 2. The summed E-state index contributed by atoms with van der Waals surface area (Å²) in [6.45, 7) is 1.62. The van der Waals surface area contributed by atoms with E-state index in [0.29, 0.717) is 5.69 Å². The average Bonchev–Trinajstić information content (AvgIpc) is 2.28. The summed E-state index contributed by atoms with van der Waals surface area (Å²) < 4.78 is 27.4. The van der Waals surface area contributed by atoms with Gasteiger partial charge in [-0.25, -0.2) is 8.78 Å². The molecule has 0 unspecified atom stereocenters. The van der Waals surface area contributed by atoms with Gasteiger partial charge in [-0.1, -0.05) is 0 Å². The highest BCUT2D eigenvalue weighted by atomic mass is 19.1.